The third-order valence-corrected chi connectivity index (χ3v) is 7.54. The number of benzene rings is 1. The largest absolute Gasteiger partial charge is 0.490 e. The van der Waals surface area contributed by atoms with Crippen LogP contribution in [0.4, 0.5) is 24.5 Å². The fourth-order valence-electron chi connectivity index (χ4n) is 2.49. The zero-order valence-corrected chi connectivity index (χ0v) is 20.7. The van der Waals surface area contributed by atoms with Crippen LogP contribution in [0.5, 0.6) is 0 Å². The number of unbranched alkanes of at least 4 members (excludes halogenated alkanes) is 1. The Balaban J connectivity index is 0.000000675. The number of carboxylic acid groups (broad SMARTS) is 2. The minimum atomic E-state index is -5.08. The first-order valence-electron chi connectivity index (χ1n) is 9.43. The minimum absolute atomic E-state index is 0.0792. The van der Waals surface area contributed by atoms with Gasteiger partial charge in [0.15, 0.2) is 0 Å². The van der Waals surface area contributed by atoms with Gasteiger partial charge in [0.2, 0.25) is 0 Å². The summed E-state index contributed by atoms with van der Waals surface area (Å²) in [6, 6.07) is 7.76. The third-order valence-electron chi connectivity index (χ3n) is 4.04. The number of anilines is 2. The summed E-state index contributed by atoms with van der Waals surface area (Å²) in [6.07, 6.45) is -3.12. The highest BCUT2D eigenvalue weighted by Crippen LogP contribution is 2.30. The third kappa shape index (κ3) is 8.85. The molecule has 2 rings (SSSR count). The number of carboxylic acids is 2. The van der Waals surface area contributed by atoms with Gasteiger partial charge in [-0.25, -0.2) is 18.0 Å². The zero-order valence-electron chi connectivity index (χ0n) is 17.5. The standard InChI is InChI=1S/C17H21BrN2O4S2.C2HF3O2/c1-3-5-10-20(4-2)14-7-6-12(11-13(14)17(21)22)19-26(23,24)16-9-8-15(18)25-16;3-2(4,5)1(6)7/h6-9,11,19H,3-5,10H2,1-2H3,(H,21,22);(H,6,7). The van der Waals surface area contributed by atoms with Crippen LogP contribution in [0, 0.1) is 0 Å². The molecule has 33 heavy (non-hydrogen) atoms. The lowest BCUT2D eigenvalue weighted by molar-refractivity contribution is -0.192. The molecule has 0 atom stereocenters. The lowest BCUT2D eigenvalue weighted by atomic mass is 10.1. The van der Waals surface area contributed by atoms with Crippen LogP contribution in [0.25, 0.3) is 0 Å². The minimum Gasteiger partial charge on any atom is -0.478 e. The number of hydrogen-bond donors (Lipinski definition) is 3. The summed E-state index contributed by atoms with van der Waals surface area (Å²) in [4.78, 5) is 22.6. The van der Waals surface area contributed by atoms with Crippen molar-refractivity contribution >= 4 is 60.6 Å². The molecule has 0 aliphatic rings. The molecule has 184 valence electrons. The Morgan fingerprint density at radius 2 is 1.76 bits per heavy atom. The van der Waals surface area contributed by atoms with E-state index in [9.17, 15) is 31.5 Å². The number of thiophene rings is 1. The average molecular weight is 575 g/mol. The van der Waals surface area contributed by atoms with Gasteiger partial charge in [0.1, 0.15) is 4.21 Å². The maximum Gasteiger partial charge on any atom is 0.490 e. The first-order valence-corrected chi connectivity index (χ1v) is 12.5. The van der Waals surface area contributed by atoms with Gasteiger partial charge in [0.25, 0.3) is 10.0 Å². The number of aliphatic carboxylic acids is 1. The molecule has 0 aliphatic heterocycles. The molecule has 8 nitrogen and oxygen atoms in total. The number of hydrogen-bond acceptors (Lipinski definition) is 6. The first kappa shape index (κ1) is 28.7. The van der Waals surface area contributed by atoms with E-state index in [1.807, 2.05) is 11.8 Å². The maximum atomic E-state index is 12.4. The van der Waals surface area contributed by atoms with E-state index in [0.29, 0.717) is 16.0 Å². The van der Waals surface area contributed by atoms with Crippen molar-refractivity contribution in [2.24, 2.45) is 0 Å². The van der Waals surface area contributed by atoms with Gasteiger partial charge in [-0.2, -0.15) is 13.2 Å². The van der Waals surface area contributed by atoms with E-state index in [0.717, 1.165) is 30.7 Å². The number of aromatic carboxylic acids is 1. The van der Waals surface area contributed by atoms with Gasteiger partial charge in [-0.3, -0.25) is 4.72 Å². The van der Waals surface area contributed by atoms with Crippen molar-refractivity contribution in [3.8, 4) is 0 Å². The fraction of sp³-hybridized carbons (Fsp3) is 0.368. The zero-order chi connectivity index (χ0) is 25.4. The van der Waals surface area contributed by atoms with Crippen LogP contribution in [0.2, 0.25) is 0 Å². The normalized spacial score (nSPS) is 11.3. The number of rotatable bonds is 9. The second-order valence-electron chi connectivity index (χ2n) is 6.44. The Morgan fingerprint density at radius 1 is 1.15 bits per heavy atom. The molecule has 0 saturated heterocycles. The number of halogens is 4. The fourth-order valence-corrected chi connectivity index (χ4v) is 5.55. The highest BCUT2D eigenvalue weighted by atomic mass is 79.9. The van der Waals surface area contributed by atoms with Crippen molar-refractivity contribution in [2.75, 3.05) is 22.7 Å². The second kappa shape index (κ2) is 12.2. The lowest BCUT2D eigenvalue weighted by Gasteiger charge is -2.25. The molecule has 0 radical (unpaired) electrons. The molecule has 2 aromatic rings. The molecule has 0 amide bonds. The highest BCUT2D eigenvalue weighted by molar-refractivity contribution is 9.11. The average Bonchev–Trinajstić information content (AvgIpc) is 3.16. The number of sulfonamides is 1. The predicted molar refractivity (Wildman–Crippen MR) is 123 cm³/mol. The molecule has 14 heteroatoms. The van der Waals surface area contributed by atoms with Gasteiger partial charge in [-0.05, 0) is 59.6 Å². The van der Waals surface area contributed by atoms with Crippen LogP contribution >= 0.6 is 27.3 Å². The number of nitrogens with one attached hydrogen (secondary N) is 1. The van der Waals surface area contributed by atoms with Crippen molar-refractivity contribution < 1.29 is 41.4 Å². The van der Waals surface area contributed by atoms with Crippen LogP contribution in [0.3, 0.4) is 0 Å². The molecule has 0 spiro atoms. The van der Waals surface area contributed by atoms with Gasteiger partial charge in [0, 0.05) is 18.8 Å². The summed E-state index contributed by atoms with van der Waals surface area (Å²) >= 11 is 4.32. The molecule has 0 unspecified atom stereocenters. The van der Waals surface area contributed by atoms with E-state index >= 15 is 0 Å². The number of nitrogens with zero attached hydrogens (tertiary/aromatic N) is 1. The van der Waals surface area contributed by atoms with Crippen molar-refractivity contribution in [3.05, 3.63) is 39.7 Å². The molecule has 1 aromatic carbocycles. The van der Waals surface area contributed by atoms with Crippen molar-refractivity contribution in [3.63, 3.8) is 0 Å². The summed E-state index contributed by atoms with van der Waals surface area (Å²) in [7, 11) is -3.76. The van der Waals surface area contributed by atoms with Crippen LogP contribution < -0.4 is 9.62 Å². The molecule has 0 bridgehead atoms. The monoisotopic (exact) mass is 574 g/mol. The summed E-state index contributed by atoms with van der Waals surface area (Å²) in [5, 5.41) is 16.7. The van der Waals surface area contributed by atoms with Gasteiger partial charge in [0.05, 0.1) is 15.0 Å². The molecule has 1 aromatic heterocycles. The van der Waals surface area contributed by atoms with Gasteiger partial charge in [-0.15, -0.1) is 11.3 Å². The van der Waals surface area contributed by atoms with E-state index in [1.54, 1.807) is 18.2 Å². The van der Waals surface area contributed by atoms with Gasteiger partial charge >= 0.3 is 18.1 Å². The quantitative estimate of drug-likeness (QED) is 0.372. The molecule has 3 N–H and O–H groups in total. The molecule has 0 aliphatic carbocycles. The topological polar surface area (TPSA) is 124 Å². The Kier molecular flexibility index (Phi) is 10.6. The molecular formula is C19H22BrF3N2O6S2. The summed E-state index contributed by atoms with van der Waals surface area (Å²) in [5.74, 6) is -3.85. The van der Waals surface area contributed by atoms with Crippen molar-refractivity contribution in [1.82, 2.24) is 0 Å². The molecule has 0 saturated carbocycles. The van der Waals surface area contributed by atoms with E-state index in [2.05, 4.69) is 27.6 Å². The van der Waals surface area contributed by atoms with Crippen LogP contribution in [-0.2, 0) is 14.8 Å². The second-order valence-corrected chi connectivity index (χ2v) is 10.8. The number of alkyl halides is 3. The van der Waals surface area contributed by atoms with Gasteiger partial charge < -0.3 is 15.1 Å². The molecule has 1 heterocycles. The Bertz CT molecular complexity index is 1070. The molecule has 0 fully saturated rings. The smallest absolute Gasteiger partial charge is 0.478 e. The van der Waals surface area contributed by atoms with Crippen molar-refractivity contribution in [1.29, 1.82) is 0 Å². The number of carbonyl (C=O) groups is 2. The lowest BCUT2D eigenvalue weighted by Crippen LogP contribution is -2.26. The van der Waals surface area contributed by atoms with Crippen LogP contribution in [0.1, 0.15) is 37.0 Å². The summed E-state index contributed by atoms with van der Waals surface area (Å²) in [6.45, 7) is 5.47. The van der Waals surface area contributed by atoms with E-state index in [-0.39, 0.29) is 15.5 Å². The van der Waals surface area contributed by atoms with Crippen molar-refractivity contribution in [2.45, 2.75) is 37.1 Å². The van der Waals surface area contributed by atoms with E-state index in [1.165, 1.54) is 12.1 Å². The highest BCUT2D eigenvalue weighted by Gasteiger charge is 2.38. The Hall–Kier alpha value is -2.32. The predicted octanol–water partition coefficient (Wildman–Crippen LogP) is 5.27. The van der Waals surface area contributed by atoms with Gasteiger partial charge in [-0.1, -0.05) is 13.3 Å². The Morgan fingerprint density at radius 3 is 2.18 bits per heavy atom. The summed E-state index contributed by atoms with van der Waals surface area (Å²) in [5.41, 5.74) is 0.896. The van der Waals surface area contributed by atoms with E-state index < -0.39 is 28.1 Å². The SMILES string of the molecule is CCCCN(CC)c1ccc(NS(=O)(=O)c2ccc(Br)s2)cc1C(=O)O.O=C(O)C(F)(F)F. The van der Waals surface area contributed by atoms with Crippen LogP contribution in [-0.4, -0.2) is 49.8 Å². The first-order chi connectivity index (χ1) is 15.2. The Labute approximate surface area is 201 Å². The summed E-state index contributed by atoms with van der Waals surface area (Å²) < 4.78 is 59.9. The van der Waals surface area contributed by atoms with Crippen LogP contribution in [0.15, 0.2) is 38.3 Å². The van der Waals surface area contributed by atoms with E-state index in [4.69, 9.17) is 9.90 Å². The molecular weight excluding hydrogens is 553 g/mol. The maximum absolute atomic E-state index is 12.4.